The zero-order chi connectivity index (χ0) is 25.4. The minimum Gasteiger partial charge on any atom is -0.444 e. The number of carbonyl (C=O) groups is 3. The van der Waals surface area contributed by atoms with Crippen LogP contribution in [0.1, 0.15) is 74.3 Å². The summed E-state index contributed by atoms with van der Waals surface area (Å²) in [4.78, 5) is 44.2. The van der Waals surface area contributed by atoms with E-state index in [0.29, 0.717) is 6.42 Å². The van der Waals surface area contributed by atoms with Crippen LogP contribution in [0.3, 0.4) is 0 Å². The Bertz CT molecular complexity index is 793. The van der Waals surface area contributed by atoms with Gasteiger partial charge in [0.2, 0.25) is 0 Å². The zero-order valence-corrected chi connectivity index (χ0v) is 21.5. The molecule has 0 saturated heterocycles. The molecule has 0 spiro atoms. The average molecular weight is 465 g/mol. The normalized spacial score (nSPS) is 13.1. The van der Waals surface area contributed by atoms with Gasteiger partial charge in [-0.05, 0) is 53.5 Å². The molecule has 1 aromatic rings. The number of amides is 2. The number of ether oxygens (including phenoxy) is 2. The molecule has 0 fully saturated rings. The van der Waals surface area contributed by atoms with Crippen molar-refractivity contribution in [3.63, 3.8) is 0 Å². The molecule has 0 heterocycles. The van der Waals surface area contributed by atoms with Crippen LogP contribution in [0.4, 0.5) is 4.79 Å². The van der Waals surface area contributed by atoms with Crippen molar-refractivity contribution in [1.29, 1.82) is 0 Å². The third kappa shape index (κ3) is 10.7. The summed E-state index contributed by atoms with van der Waals surface area (Å²) in [5.41, 5.74) is -1.25. The van der Waals surface area contributed by atoms with Crippen molar-refractivity contribution < 1.29 is 28.7 Å². The fourth-order valence-corrected chi connectivity index (χ4v) is 2.51. The van der Waals surface area contributed by atoms with Crippen molar-refractivity contribution >= 4 is 18.0 Å². The molecule has 0 aliphatic carbocycles. The van der Waals surface area contributed by atoms with Crippen LogP contribution in [-0.4, -0.2) is 46.9 Å². The van der Waals surface area contributed by atoms with Gasteiger partial charge in [-0.1, -0.05) is 51.1 Å². The maximum absolute atomic E-state index is 13.2. The summed E-state index contributed by atoms with van der Waals surface area (Å²) >= 11 is 0. The molecule has 33 heavy (non-hydrogen) atoms. The van der Waals surface area contributed by atoms with Gasteiger partial charge in [-0.2, -0.15) is 5.06 Å². The Hall–Kier alpha value is -2.61. The molecule has 1 rings (SSSR count). The van der Waals surface area contributed by atoms with Crippen molar-refractivity contribution in [2.45, 2.75) is 92.5 Å². The minimum absolute atomic E-state index is 0.0775. The molecule has 0 unspecified atom stereocenters. The predicted octanol–water partition coefficient (Wildman–Crippen LogP) is 4.62. The van der Waals surface area contributed by atoms with Crippen LogP contribution < -0.4 is 5.32 Å². The van der Waals surface area contributed by atoms with E-state index in [4.69, 9.17) is 14.3 Å². The molecular formula is C25H40N2O6. The van der Waals surface area contributed by atoms with E-state index in [1.54, 1.807) is 34.6 Å². The smallest absolute Gasteiger partial charge is 0.408 e. The van der Waals surface area contributed by atoms with Crippen LogP contribution >= 0.6 is 0 Å². The number of nitrogens with one attached hydrogen (secondary N) is 1. The Balaban J connectivity index is 3.12. The monoisotopic (exact) mass is 464 g/mol. The van der Waals surface area contributed by atoms with Crippen molar-refractivity contribution in [3.8, 4) is 0 Å². The van der Waals surface area contributed by atoms with E-state index in [1.807, 2.05) is 58.0 Å². The lowest BCUT2D eigenvalue weighted by Crippen LogP contribution is -2.51. The van der Waals surface area contributed by atoms with E-state index in [-0.39, 0.29) is 19.1 Å². The van der Waals surface area contributed by atoms with Gasteiger partial charge in [-0.25, -0.2) is 9.59 Å². The van der Waals surface area contributed by atoms with E-state index < -0.39 is 34.7 Å². The van der Waals surface area contributed by atoms with Gasteiger partial charge in [0.15, 0.2) is 6.04 Å². The first-order chi connectivity index (χ1) is 15.0. The van der Waals surface area contributed by atoms with Crippen LogP contribution in [0.15, 0.2) is 30.3 Å². The zero-order valence-electron chi connectivity index (χ0n) is 21.5. The van der Waals surface area contributed by atoms with Crippen LogP contribution in [-0.2, 0) is 30.4 Å². The number of nitrogens with zero attached hydrogens (tertiary/aromatic N) is 1. The van der Waals surface area contributed by atoms with Gasteiger partial charge >= 0.3 is 12.1 Å². The highest BCUT2D eigenvalue weighted by Crippen LogP contribution is 2.25. The molecule has 1 aromatic carbocycles. The van der Waals surface area contributed by atoms with Crippen LogP contribution in [0.25, 0.3) is 0 Å². The fourth-order valence-electron chi connectivity index (χ4n) is 2.51. The van der Waals surface area contributed by atoms with Crippen molar-refractivity contribution in [1.82, 2.24) is 10.4 Å². The molecular weight excluding hydrogens is 424 g/mol. The first-order valence-corrected chi connectivity index (χ1v) is 11.3. The fraction of sp³-hybridized carbons (Fsp3) is 0.640. The van der Waals surface area contributed by atoms with Gasteiger partial charge in [-0.3, -0.25) is 4.79 Å². The van der Waals surface area contributed by atoms with Crippen molar-refractivity contribution in [2.24, 2.45) is 5.41 Å². The van der Waals surface area contributed by atoms with Gasteiger partial charge in [0.1, 0.15) is 5.60 Å². The SMILES string of the molecule is CCC(C)(C)C(=O)N(Cc1ccccc1)OC(=O)[C@H](COC(C)(C)C)NC(=O)OC(C)(C)C. The molecule has 0 bridgehead atoms. The number of hydrogen-bond acceptors (Lipinski definition) is 6. The molecule has 8 heteroatoms. The summed E-state index contributed by atoms with van der Waals surface area (Å²) in [5, 5.41) is 3.57. The molecule has 0 aliphatic rings. The molecule has 0 aromatic heterocycles. The quantitative estimate of drug-likeness (QED) is 0.564. The van der Waals surface area contributed by atoms with Crippen molar-refractivity contribution in [2.75, 3.05) is 6.61 Å². The third-order valence-electron chi connectivity index (χ3n) is 4.72. The largest absolute Gasteiger partial charge is 0.444 e. The number of hydrogen-bond donors (Lipinski definition) is 1. The second kappa shape index (κ2) is 11.5. The molecule has 1 atom stereocenters. The lowest BCUT2D eigenvalue weighted by Gasteiger charge is -2.31. The topological polar surface area (TPSA) is 94.2 Å². The van der Waals surface area contributed by atoms with Crippen LogP contribution in [0, 0.1) is 5.41 Å². The maximum atomic E-state index is 13.2. The van der Waals surface area contributed by atoms with E-state index in [9.17, 15) is 14.4 Å². The Morgan fingerprint density at radius 2 is 1.52 bits per heavy atom. The first kappa shape index (κ1) is 28.4. The van der Waals surface area contributed by atoms with E-state index in [0.717, 1.165) is 10.6 Å². The summed E-state index contributed by atoms with van der Waals surface area (Å²) in [5.74, 6) is -1.16. The molecule has 0 saturated carbocycles. The summed E-state index contributed by atoms with van der Waals surface area (Å²) in [6.45, 7) is 16.1. The van der Waals surface area contributed by atoms with Gasteiger partial charge in [0.05, 0.1) is 18.8 Å². The Labute approximate surface area is 197 Å². The van der Waals surface area contributed by atoms with E-state index in [2.05, 4.69) is 5.32 Å². The second-order valence-corrected chi connectivity index (χ2v) is 10.6. The lowest BCUT2D eigenvalue weighted by molar-refractivity contribution is -0.209. The standard InChI is InChI=1S/C25H40N2O6/c1-10-25(8,9)21(29)27(16-18-14-12-11-13-15-18)33-20(28)19(17-31-23(2,3)4)26-22(30)32-24(5,6)7/h11-15,19H,10,16-17H2,1-9H3,(H,26,30)/t19-/m0/s1. The van der Waals surface area contributed by atoms with Gasteiger partial charge in [0.25, 0.3) is 5.91 Å². The highest BCUT2D eigenvalue weighted by molar-refractivity contribution is 5.85. The van der Waals surface area contributed by atoms with E-state index >= 15 is 0 Å². The molecule has 8 nitrogen and oxygen atoms in total. The Morgan fingerprint density at radius 1 is 0.939 bits per heavy atom. The number of rotatable bonds is 8. The highest BCUT2D eigenvalue weighted by atomic mass is 16.7. The number of benzene rings is 1. The van der Waals surface area contributed by atoms with Gasteiger partial charge in [0, 0.05) is 5.41 Å². The third-order valence-corrected chi connectivity index (χ3v) is 4.72. The van der Waals surface area contributed by atoms with Crippen LogP contribution in [0.2, 0.25) is 0 Å². The Morgan fingerprint density at radius 3 is 2.00 bits per heavy atom. The first-order valence-electron chi connectivity index (χ1n) is 11.3. The number of alkyl carbamates (subject to hydrolysis) is 1. The molecule has 0 aliphatic heterocycles. The number of carbonyl (C=O) groups excluding carboxylic acids is 3. The van der Waals surface area contributed by atoms with Gasteiger partial charge < -0.3 is 19.6 Å². The van der Waals surface area contributed by atoms with Gasteiger partial charge in [-0.15, -0.1) is 0 Å². The summed E-state index contributed by atoms with van der Waals surface area (Å²) in [6, 6.07) is 8.06. The summed E-state index contributed by atoms with van der Waals surface area (Å²) < 4.78 is 11.0. The molecule has 186 valence electrons. The van der Waals surface area contributed by atoms with Crippen molar-refractivity contribution in [3.05, 3.63) is 35.9 Å². The Kier molecular flexibility index (Phi) is 9.90. The maximum Gasteiger partial charge on any atom is 0.408 e. The number of hydroxylamine groups is 2. The molecule has 1 N–H and O–H groups in total. The minimum atomic E-state index is -1.17. The van der Waals surface area contributed by atoms with Crippen LogP contribution in [0.5, 0.6) is 0 Å². The van der Waals surface area contributed by atoms with E-state index in [1.165, 1.54) is 0 Å². The average Bonchev–Trinajstić information content (AvgIpc) is 2.68. The molecule has 2 amide bonds. The molecule has 0 radical (unpaired) electrons. The predicted molar refractivity (Wildman–Crippen MR) is 126 cm³/mol. The second-order valence-electron chi connectivity index (χ2n) is 10.6. The summed E-state index contributed by atoms with van der Waals surface area (Å²) in [6.07, 6.45) is -0.224. The summed E-state index contributed by atoms with van der Waals surface area (Å²) in [7, 11) is 0. The lowest BCUT2D eigenvalue weighted by atomic mass is 9.89. The highest BCUT2D eigenvalue weighted by Gasteiger charge is 2.35.